The zero-order valence-electron chi connectivity index (χ0n) is 22.6. The average Bonchev–Trinajstić information content (AvgIpc) is 2.90. The Morgan fingerprint density at radius 3 is 2.54 bits per heavy atom. The zero-order valence-corrected chi connectivity index (χ0v) is 22.6. The third-order valence-electron chi connectivity index (χ3n) is 6.07. The molecule has 0 radical (unpaired) electrons. The Morgan fingerprint density at radius 1 is 1.10 bits per heavy atom. The molecule has 0 bridgehead atoms. The maximum atomic E-state index is 15.4. The summed E-state index contributed by atoms with van der Waals surface area (Å²) in [5.41, 5.74) is -1.48. The highest BCUT2D eigenvalue weighted by molar-refractivity contribution is 5.73. The summed E-state index contributed by atoms with van der Waals surface area (Å²) in [5, 5.41) is 0. The maximum absolute atomic E-state index is 15.4. The van der Waals surface area contributed by atoms with E-state index < -0.39 is 23.1 Å². The van der Waals surface area contributed by atoms with Gasteiger partial charge in [-0.05, 0) is 45.0 Å². The first-order valence-corrected chi connectivity index (χ1v) is 12.7. The summed E-state index contributed by atoms with van der Waals surface area (Å²) in [7, 11) is 1.57. The van der Waals surface area contributed by atoms with Gasteiger partial charge < -0.3 is 19.1 Å². The highest BCUT2D eigenvalue weighted by Crippen LogP contribution is 2.35. The lowest BCUT2D eigenvalue weighted by molar-refractivity contribution is -0.161. The molecule has 9 nitrogen and oxygen atoms in total. The maximum Gasteiger partial charge on any atom is 0.332 e. The molecule has 2 aromatic heterocycles. The van der Waals surface area contributed by atoms with Gasteiger partial charge in [0.15, 0.2) is 5.82 Å². The van der Waals surface area contributed by atoms with E-state index in [1.807, 2.05) is 29.2 Å². The van der Waals surface area contributed by atoms with Crippen molar-refractivity contribution in [2.24, 2.45) is 0 Å². The summed E-state index contributed by atoms with van der Waals surface area (Å²) in [6, 6.07) is 10.2. The Morgan fingerprint density at radius 2 is 1.87 bits per heavy atom. The van der Waals surface area contributed by atoms with Crippen molar-refractivity contribution >= 4 is 29.1 Å². The molecule has 4 rings (SSSR count). The Bertz CT molecular complexity index is 1260. The van der Waals surface area contributed by atoms with E-state index in [4.69, 9.17) is 19.2 Å². The average molecular weight is 542 g/mol. The monoisotopic (exact) mass is 541 g/mol. The van der Waals surface area contributed by atoms with Crippen molar-refractivity contribution in [3.05, 3.63) is 60.8 Å². The molecule has 0 aliphatic carbocycles. The fourth-order valence-electron chi connectivity index (χ4n) is 4.21. The van der Waals surface area contributed by atoms with Gasteiger partial charge in [0, 0.05) is 32.0 Å². The summed E-state index contributed by atoms with van der Waals surface area (Å²) in [4.78, 5) is 29.0. The number of pyridine rings is 1. The predicted molar refractivity (Wildman–Crippen MR) is 143 cm³/mol. The topological polar surface area (TPSA) is 89.9 Å². The van der Waals surface area contributed by atoms with E-state index >= 15 is 4.39 Å². The molecule has 1 aromatic carbocycles. The molecule has 1 aliphatic rings. The summed E-state index contributed by atoms with van der Waals surface area (Å²) in [5.74, 6) is 1.12. The van der Waals surface area contributed by atoms with Crippen molar-refractivity contribution < 1.29 is 27.8 Å². The highest BCUT2D eigenvalue weighted by Gasteiger charge is 2.36. The van der Waals surface area contributed by atoms with Crippen molar-refractivity contribution in [1.82, 2.24) is 15.0 Å². The molecule has 3 aromatic rings. The van der Waals surface area contributed by atoms with E-state index in [0.717, 1.165) is 6.20 Å². The van der Waals surface area contributed by atoms with Crippen LogP contribution in [-0.4, -0.2) is 65.6 Å². The third-order valence-corrected chi connectivity index (χ3v) is 6.07. The predicted octanol–water partition coefficient (Wildman–Crippen LogP) is 5.16. The van der Waals surface area contributed by atoms with Crippen LogP contribution in [0.15, 0.2) is 55.0 Å². The molecule has 0 amide bonds. The molecule has 39 heavy (non-hydrogen) atoms. The van der Waals surface area contributed by atoms with Crippen molar-refractivity contribution in [2.45, 2.75) is 44.9 Å². The molecule has 0 unspecified atom stereocenters. The Balaban J connectivity index is 1.47. The first kappa shape index (κ1) is 28.2. The fraction of sp³-hybridized carbons (Fsp3) is 0.429. The normalized spacial score (nSPS) is 15.1. The minimum absolute atomic E-state index is 0.189. The third kappa shape index (κ3) is 7.60. The molecule has 0 atom stereocenters. The van der Waals surface area contributed by atoms with E-state index in [9.17, 15) is 9.18 Å². The highest BCUT2D eigenvalue weighted by atomic mass is 19.1. The number of aromatic nitrogens is 3. The van der Waals surface area contributed by atoms with E-state index in [-0.39, 0.29) is 26.1 Å². The van der Waals surface area contributed by atoms with Gasteiger partial charge in [-0.3, -0.25) is 9.88 Å². The summed E-state index contributed by atoms with van der Waals surface area (Å²) >= 11 is 0. The van der Waals surface area contributed by atoms with Crippen LogP contribution < -0.4 is 14.5 Å². The van der Waals surface area contributed by atoms with Crippen molar-refractivity contribution in [2.75, 3.05) is 43.2 Å². The SMILES string of the molecule is COc1cccc(N(c2ccc(F)cn2)c2cncc(N3CCC(F)(COCC(=O)OC(C)(C)C)CC3)n2)c1. The molecule has 0 N–H and O–H groups in total. The minimum atomic E-state index is -1.56. The Kier molecular flexibility index (Phi) is 8.59. The van der Waals surface area contributed by atoms with Gasteiger partial charge in [-0.25, -0.2) is 23.5 Å². The van der Waals surface area contributed by atoms with Gasteiger partial charge in [-0.1, -0.05) is 6.07 Å². The van der Waals surface area contributed by atoms with Gasteiger partial charge in [0.25, 0.3) is 0 Å². The summed E-state index contributed by atoms with van der Waals surface area (Å²) < 4.78 is 45.0. The quantitative estimate of drug-likeness (QED) is 0.341. The van der Waals surface area contributed by atoms with E-state index in [1.54, 1.807) is 51.2 Å². The van der Waals surface area contributed by atoms with Gasteiger partial charge in [0.05, 0.1) is 38.0 Å². The van der Waals surface area contributed by atoms with Crippen molar-refractivity contribution in [3.63, 3.8) is 0 Å². The standard InChI is InChI=1S/C28H33F2N5O4/c1-27(2,3)39-26(36)18-38-19-28(30)10-12-34(13-11-28)24-16-31-17-25(33-24)35(23-9-8-20(29)15-32-23)21-6-5-7-22(14-21)37-4/h5-9,14-17H,10-13,18-19H2,1-4H3. The molecular weight excluding hydrogens is 508 g/mol. The van der Waals surface area contributed by atoms with Crippen LogP contribution in [-0.2, 0) is 14.3 Å². The van der Waals surface area contributed by atoms with Gasteiger partial charge >= 0.3 is 5.97 Å². The molecule has 3 heterocycles. The lowest BCUT2D eigenvalue weighted by Crippen LogP contribution is -2.45. The lowest BCUT2D eigenvalue weighted by Gasteiger charge is -2.37. The number of alkyl halides is 1. The smallest absolute Gasteiger partial charge is 0.332 e. The second kappa shape index (κ2) is 11.9. The molecule has 1 aliphatic heterocycles. The molecule has 0 saturated carbocycles. The van der Waals surface area contributed by atoms with Crippen LogP contribution in [0, 0.1) is 5.82 Å². The number of carbonyl (C=O) groups is 1. The number of nitrogens with zero attached hydrogens (tertiary/aromatic N) is 5. The van der Waals surface area contributed by atoms with E-state index in [2.05, 4.69) is 9.97 Å². The van der Waals surface area contributed by atoms with Gasteiger partial charge in [-0.2, -0.15) is 0 Å². The molecule has 1 saturated heterocycles. The Hall–Kier alpha value is -3.86. The Labute approximate surface area is 226 Å². The molecule has 1 fully saturated rings. The molecule has 208 valence electrons. The van der Waals surface area contributed by atoms with Crippen molar-refractivity contribution in [3.8, 4) is 5.75 Å². The van der Waals surface area contributed by atoms with Crippen LogP contribution in [0.1, 0.15) is 33.6 Å². The van der Waals surface area contributed by atoms with Crippen LogP contribution in [0.5, 0.6) is 5.75 Å². The van der Waals surface area contributed by atoms with E-state index in [0.29, 0.717) is 42.0 Å². The zero-order chi connectivity index (χ0) is 28.0. The van der Waals surface area contributed by atoms with Gasteiger partial charge in [0.1, 0.15) is 41.1 Å². The largest absolute Gasteiger partial charge is 0.497 e. The number of piperidine rings is 1. The van der Waals surface area contributed by atoms with Crippen LogP contribution in [0.4, 0.5) is 31.9 Å². The number of hydrogen-bond acceptors (Lipinski definition) is 9. The lowest BCUT2D eigenvalue weighted by atomic mass is 9.94. The second-order valence-corrected chi connectivity index (χ2v) is 10.3. The van der Waals surface area contributed by atoms with Crippen LogP contribution in [0.25, 0.3) is 0 Å². The first-order valence-electron chi connectivity index (χ1n) is 12.7. The summed E-state index contributed by atoms with van der Waals surface area (Å²) in [6.07, 6.45) is 4.74. The van der Waals surface area contributed by atoms with Crippen LogP contribution in [0.2, 0.25) is 0 Å². The van der Waals surface area contributed by atoms with Gasteiger partial charge in [0.2, 0.25) is 0 Å². The molecule has 11 heteroatoms. The molecular formula is C28H33F2N5O4. The number of anilines is 4. The summed E-state index contributed by atoms with van der Waals surface area (Å²) in [6.45, 7) is 5.59. The number of methoxy groups -OCH3 is 1. The second-order valence-electron chi connectivity index (χ2n) is 10.3. The van der Waals surface area contributed by atoms with Crippen LogP contribution >= 0.6 is 0 Å². The first-order chi connectivity index (χ1) is 18.5. The number of esters is 1. The minimum Gasteiger partial charge on any atom is -0.497 e. The van der Waals surface area contributed by atoms with E-state index in [1.165, 1.54) is 6.07 Å². The van der Waals surface area contributed by atoms with Crippen molar-refractivity contribution in [1.29, 1.82) is 0 Å². The number of halogens is 2. The number of rotatable bonds is 9. The fourth-order valence-corrected chi connectivity index (χ4v) is 4.21. The molecule has 0 spiro atoms. The number of hydrogen-bond donors (Lipinski definition) is 0. The van der Waals surface area contributed by atoms with Gasteiger partial charge in [-0.15, -0.1) is 0 Å². The number of ether oxygens (including phenoxy) is 3. The number of benzene rings is 1. The number of carbonyl (C=O) groups excluding carboxylic acids is 1. The van der Waals surface area contributed by atoms with Crippen LogP contribution in [0.3, 0.4) is 0 Å².